The van der Waals surface area contributed by atoms with Crippen LogP contribution in [0.3, 0.4) is 0 Å². The lowest BCUT2D eigenvalue weighted by molar-refractivity contribution is 0.119. The van der Waals surface area contributed by atoms with Crippen LogP contribution >= 0.6 is 0 Å². The SMILES string of the molecule is CCN(CCc1nc2c(C)cccc2[nH]1)S(=O)(=O)N1CCC(COC)CC1. The van der Waals surface area contributed by atoms with Gasteiger partial charge in [0.05, 0.1) is 11.0 Å². The summed E-state index contributed by atoms with van der Waals surface area (Å²) in [5.41, 5.74) is 3.07. The molecule has 1 aliphatic rings. The van der Waals surface area contributed by atoms with Gasteiger partial charge < -0.3 is 9.72 Å². The number of ether oxygens (including phenoxy) is 1. The van der Waals surface area contributed by atoms with E-state index >= 15 is 0 Å². The van der Waals surface area contributed by atoms with Gasteiger partial charge in [-0.25, -0.2) is 4.98 Å². The second-order valence-electron chi connectivity index (χ2n) is 7.20. The number of aromatic amines is 1. The van der Waals surface area contributed by atoms with Crippen LogP contribution in [0, 0.1) is 12.8 Å². The molecule has 1 fully saturated rings. The van der Waals surface area contributed by atoms with Crippen molar-refractivity contribution in [2.24, 2.45) is 5.92 Å². The summed E-state index contributed by atoms with van der Waals surface area (Å²) < 4.78 is 34.4. The van der Waals surface area contributed by atoms with E-state index in [1.54, 1.807) is 15.7 Å². The largest absolute Gasteiger partial charge is 0.384 e. The van der Waals surface area contributed by atoms with Gasteiger partial charge in [-0.1, -0.05) is 19.1 Å². The summed E-state index contributed by atoms with van der Waals surface area (Å²) in [6, 6.07) is 6.02. The van der Waals surface area contributed by atoms with E-state index in [1.165, 1.54) is 0 Å². The topological polar surface area (TPSA) is 78.5 Å². The number of aromatic nitrogens is 2. The van der Waals surface area contributed by atoms with Gasteiger partial charge in [0.25, 0.3) is 10.2 Å². The molecule has 0 saturated carbocycles. The van der Waals surface area contributed by atoms with Gasteiger partial charge in [0.15, 0.2) is 0 Å². The third-order valence-corrected chi connectivity index (χ3v) is 7.45. The molecular formula is C19H30N4O3S. The predicted octanol–water partition coefficient (Wildman–Crippen LogP) is 2.34. The molecule has 7 nitrogen and oxygen atoms in total. The number of nitrogens with one attached hydrogen (secondary N) is 1. The maximum atomic E-state index is 13.0. The molecule has 2 heterocycles. The molecule has 1 N–H and O–H groups in total. The minimum Gasteiger partial charge on any atom is -0.384 e. The summed E-state index contributed by atoms with van der Waals surface area (Å²) in [5, 5.41) is 0. The number of piperidine rings is 1. The minimum absolute atomic E-state index is 0.426. The summed E-state index contributed by atoms with van der Waals surface area (Å²) >= 11 is 0. The lowest BCUT2D eigenvalue weighted by atomic mass is 9.99. The number of imidazole rings is 1. The van der Waals surface area contributed by atoms with Gasteiger partial charge in [-0.3, -0.25) is 0 Å². The molecule has 0 unspecified atom stereocenters. The maximum absolute atomic E-state index is 13.0. The number of para-hydroxylation sites is 1. The second-order valence-corrected chi connectivity index (χ2v) is 9.13. The Balaban J connectivity index is 1.64. The fourth-order valence-electron chi connectivity index (χ4n) is 3.72. The van der Waals surface area contributed by atoms with Gasteiger partial charge in [-0.2, -0.15) is 17.0 Å². The van der Waals surface area contributed by atoms with Crippen LogP contribution in [0.25, 0.3) is 11.0 Å². The standard InChI is InChI=1S/C19H30N4O3S/c1-4-22(27(24,25)23-11-8-16(9-12-23)14-26-3)13-10-18-20-17-7-5-6-15(2)19(17)21-18/h5-7,16H,4,8-14H2,1-3H3,(H,20,21). The van der Waals surface area contributed by atoms with E-state index in [9.17, 15) is 8.42 Å². The van der Waals surface area contributed by atoms with Gasteiger partial charge in [-0.05, 0) is 37.3 Å². The number of methoxy groups -OCH3 is 1. The van der Waals surface area contributed by atoms with Crippen LogP contribution in [0.15, 0.2) is 18.2 Å². The van der Waals surface area contributed by atoms with Crippen molar-refractivity contribution in [1.29, 1.82) is 0 Å². The van der Waals surface area contributed by atoms with E-state index in [-0.39, 0.29) is 0 Å². The smallest absolute Gasteiger partial charge is 0.281 e. The van der Waals surface area contributed by atoms with Crippen molar-refractivity contribution in [3.8, 4) is 0 Å². The summed E-state index contributed by atoms with van der Waals surface area (Å²) in [6.07, 6.45) is 2.28. The fraction of sp³-hybridized carbons (Fsp3) is 0.632. The monoisotopic (exact) mass is 394 g/mol. The molecule has 0 bridgehead atoms. The maximum Gasteiger partial charge on any atom is 0.281 e. The number of nitrogens with zero attached hydrogens (tertiary/aromatic N) is 3. The van der Waals surface area contributed by atoms with E-state index in [1.807, 2.05) is 32.0 Å². The number of benzene rings is 1. The predicted molar refractivity (Wildman–Crippen MR) is 107 cm³/mol. The highest BCUT2D eigenvalue weighted by Crippen LogP contribution is 2.22. The zero-order valence-electron chi connectivity index (χ0n) is 16.4. The Bertz CT molecular complexity index is 857. The Morgan fingerprint density at radius 3 is 2.70 bits per heavy atom. The Kier molecular flexibility index (Phi) is 6.52. The number of hydrogen-bond donors (Lipinski definition) is 1. The first-order chi connectivity index (χ1) is 13.0. The van der Waals surface area contributed by atoms with Crippen LogP contribution in [-0.4, -0.2) is 66.9 Å². The average molecular weight is 395 g/mol. The zero-order valence-corrected chi connectivity index (χ0v) is 17.3. The average Bonchev–Trinajstić information content (AvgIpc) is 3.07. The molecule has 27 heavy (non-hydrogen) atoms. The van der Waals surface area contributed by atoms with Crippen molar-refractivity contribution in [2.75, 3.05) is 39.9 Å². The van der Waals surface area contributed by atoms with E-state index in [4.69, 9.17) is 4.74 Å². The van der Waals surface area contributed by atoms with E-state index in [0.717, 1.165) is 35.3 Å². The van der Waals surface area contributed by atoms with Crippen LogP contribution < -0.4 is 0 Å². The number of rotatable bonds is 8. The van der Waals surface area contributed by atoms with Crippen molar-refractivity contribution < 1.29 is 13.2 Å². The quantitative estimate of drug-likeness (QED) is 0.745. The van der Waals surface area contributed by atoms with Crippen molar-refractivity contribution in [1.82, 2.24) is 18.6 Å². The third-order valence-electron chi connectivity index (χ3n) is 5.34. The Labute approximate surface area is 161 Å². The first kappa shape index (κ1) is 20.3. The van der Waals surface area contributed by atoms with Crippen molar-refractivity contribution in [3.05, 3.63) is 29.6 Å². The molecule has 1 aliphatic heterocycles. The lowest BCUT2D eigenvalue weighted by Crippen LogP contribution is -2.48. The van der Waals surface area contributed by atoms with Crippen molar-refractivity contribution >= 4 is 21.2 Å². The summed E-state index contributed by atoms with van der Waals surface area (Å²) in [6.45, 7) is 6.64. The third kappa shape index (κ3) is 4.51. The molecule has 3 rings (SSSR count). The molecule has 0 amide bonds. The molecule has 2 aromatic rings. The van der Waals surface area contributed by atoms with E-state index < -0.39 is 10.2 Å². The molecule has 0 aliphatic carbocycles. The van der Waals surface area contributed by atoms with Gasteiger partial charge >= 0.3 is 0 Å². The van der Waals surface area contributed by atoms with Crippen molar-refractivity contribution in [2.45, 2.75) is 33.1 Å². The lowest BCUT2D eigenvalue weighted by Gasteiger charge is -2.34. The Hall–Kier alpha value is -1.48. The summed E-state index contributed by atoms with van der Waals surface area (Å²) in [5.74, 6) is 1.28. The van der Waals surface area contributed by atoms with Crippen LogP contribution in [-0.2, 0) is 21.4 Å². The number of fused-ring (bicyclic) bond motifs is 1. The minimum atomic E-state index is -3.44. The number of hydrogen-bond acceptors (Lipinski definition) is 4. The molecule has 0 radical (unpaired) electrons. The van der Waals surface area contributed by atoms with Crippen LogP contribution in [0.2, 0.25) is 0 Å². The van der Waals surface area contributed by atoms with Gasteiger partial charge in [0.1, 0.15) is 5.82 Å². The molecule has 0 atom stereocenters. The zero-order chi connectivity index (χ0) is 19.4. The molecule has 1 aromatic carbocycles. The van der Waals surface area contributed by atoms with Crippen LogP contribution in [0.4, 0.5) is 0 Å². The molecule has 1 saturated heterocycles. The summed E-state index contributed by atoms with van der Waals surface area (Å²) in [4.78, 5) is 7.95. The van der Waals surface area contributed by atoms with Gasteiger partial charge in [0, 0.05) is 46.3 Å². The number of aryl methyl sites for hydroxylation is 1. The normalized spacial score (nSPS) is 17.2. The molecule has 8 heteroatoms. The molecule has 150 valence electrons. The van der Waals surface area contributed by atoms with Gasteiger partial charge in [-0.15, -0.1) is 0 Å². The highest BCUT2D eigenvalue weighted by molar-refractivity contribution is 7.86. The number of H-pyrrole nitrogens is 1. The first-order valence-electron chi connectivity index (χ1n) is 9.64. The van der Waals surface area contributed by atoms with Crippen LogP contribution in [0.1, 0.15) is 31.2 Å². The molecule has 0 spiro atoms. The second kappa shape index (κ2) is 8.68. The Morgan fingerprint density at radius 1 is 1.33 bits per heavy atom. The summed E-state index contributed by atoms with van der Waals surface area (Å²) in [7, 11) is -1.74. The van der Waals surface area contributed by atoms with E-state index in [0.29, 0.717) is 45.1 Å². The highest BCUT2D eigenvalue weighted by Gasteiger charge is 2.32. The first-order valence-corrected chi connectivity index (χ1v) is 11.0. The molecule has 1 aromatic heterocycles. The Morgan fingerprint density at radius 2 is 2.07 bits per heavy atom. The fourth-order valence-corrected chi connectivity index (χ4v) is 5.37. The van der Waals surface area contributed by atoms with E-state index in [2.05, 4.69) is 9.97 Å². The van der Waals surface area contributed by atoms with Crippen LogP contribution in [0.5, 0.6) is 0 Å². The highest BCUT2D eigenvalue weighted by atomic mass is 32.2. The number of likely N-dealkylation sites (N-methyl/N-ethyl adjacent to an activating group) is 1. The van der Waals surface area contributed by atoms with Crippen molar-refractivity contribution in [3.63, 3.8) is 0 Å². The van der Waals surface area contributed by atoms with Gasteiger partial charge in [0.2, 0.25) is 0 Å². The molecular weight excluding hydrogens is 364 g/mol.